The molecule has 1 aromatic heterocycles. The minimum absolute atomic E-state index is 0.206. The third kappa shape index (κ3) is 2.61. The van der Waals surface area contributed by atoms with Crippen LogP contribution >= 0.6 is 11.6 Å². The maximum absolute atomic E-state index is 11.0. The first kappa shape index (κ1) is 13.5. The summed E-state index contributed by atoms with van der Waals surface area (Å²) in [6.07, 6.45) is 1.49. The molecule has 0 atom stereocenters. The smallest absolute Gasteiger partial charge is 0.375 e. The lowest BCUT2D eigenvalue weighted by atomic mass is 10.2. The lowest BCUT2D eigenvalue weighted by Gasteiger charge is -2.10. The monoisotopic (exact) mass is 279 g/mol. The number of aryl methyl sites for hydroxylation is 2. The second kappa shape index (κ2) is 5.40. The second-order valence-corrected chi connectivity index (χ2v) is 4.63. The van der Waals surface area contributed by atoms with Gasteiger partial charge in [0.1, 0.15) is 5.82 Å². The molecule has 0 aliphatic rings. The Labute approximate surface area is 115 Å². The van der Waals surface area contributed by atoms with Crippen LogP contribution in [0.25, 0.3) is 5.69 Å². The number of benzene rings is 1. The fraction of sp³-hybridized carbons (Fsp3) is 0.308. The van der Waals surface area contributed by atoms with Gasteiger partial charge in [0.25, 0.3) is 5.82 Å². The van der Waals surface area contributed by atoms with Crippen LogP contribution in [0.5, 0.6) is 0 Å². The van der Waals surface area contributed by atoms with E-state index < -0.39 is 5.97 Å². The average Bonchev–Trinajstić information content (AvgIpc) is 2.74. The number of carboxylic acids is 1. The SMILES string of the molecule is CCCc1nc(C(=O)O)nn1-c1c(C)cccc1Cl. The molecule has 0 unspecified atom stereocenters. The van der Waals surface area contributed by atoms with Gasteiger partial charge < -0.3 is 5.11 Å². The van der Waals surface area contributed by atoms with E-state index in [1.807, 2.05) is 26.0 Å². The van der Waals surface area contributed by atoms with E-state index in [2.05, 4.69) is 10.1 Å². The largest absolute Gasteiger partial charge is 0.475 e. The van der Waals surface area contributed by atoms with Gasteiger partial charge in [0.05, 0.1) is 10.7 Å². The van der Waals surface area contributed by atoms with E-state index in [0.717, 1.165) is 12.0 Å². The lowest BCUT2D eigenvalue weighted by Crippen LogP contribution is -2.06. The summed E-state index contributed by atoms with van der Waals surface area (Å²) >= 11 is 6.19. The number of hydrogen-bond donors (Lipinski definition) is 1. The Hall–Kier alpha value is -1.88. The molecule has 0 aliphatic heterocycles. The molecule has 2 rings (SSSR count). The third-order valence-electron chi connectivity index (χ3n) is 2.74. The quantitative estimate of drug-likeness (QED) is 0.934. The van der Waals surface area contributed by atoms with E-state index in [1.54, 1.807) is 6.07 Å². The van der Waals surface area contributed by atoms with Gasteiger partial charge >= 0.3 is 5.97 Å². The lowest BCUT2D eigenvalue weighted by molar-refractivity contribution is 0.0683. The molecule has 0 radical (unpaired) electrons. The van der Waals surface area contributed by atoms with Crippen molar-refractivity contribution in [3.63, 3.8) is 0 Å². The van der Waals surface area contributed by atoms with Crippen molar-refractivity contribution < 1.29 is 9.90 Å². The highest BCUT2D eigenvalue weighted by Gasteiger charge is 2.18. The van der Waals surface area contributed by atoms with Gasteiger partial charge in [-0.1, -0.05) is 30.7 Å². The van der Waals surface area contributed by atoms with Crippen molar-refractivity contribution in [3.8, 4) is 5.69 Å². The number of carboxylic acid groups (broad SMARTS) is 1. The van der Waals surface area contributed by atoms with Crippen molar-refractivity contribution in [3.05, 3.63) is 40.4 Å². The molecule has 1 heterocycles. The zero-order chi connectivity index (χ0) is 14.0. The zero-order valence-corrected chi connectivity index (χ0v) is 11.5. The van der Waals surface area contributed by atoms with E-state index >= 15 is 0 Å². The van der Waals surface area contributed by atoms with Crippen molar-refractivity contribution in [2.24, 2.45) is 0 Å². The number of rotatable bonds is 4. The molecule has 19 heavy (non-hydrogen) atoms. The van der Waals surface area contributed by atoms with Gasteiger partial charge in [0.15, 0.2) is 0 Å². The maximum atomic E-state index is 11.0. The summed E-state index contributed by atoms with van der Waals surface area (Å²) < 4.78 is 1.53. The molecule has 0 spiro atoms. The van der Waals surface area contributed by atoms with E-state index in [4.69, 9.17) is 16.7 Å². The van der Waals surface area contributed by atoms with Gasteiger partial charge in [0.2, 0.25) is 0 Å². The predicted octanol–water partition coefficient (Wildman–Crippen LogP) is 2.88. The Bertz CT molecular complexity index is 602. The molecule has 5 nitrogen and oxygen atoms in total. The number of aromatic carboxylic acids is 1. The average molecular weight is 280 g/mol. The van der Waals surface area contributed by atoms with Crippen LogP contribution in [0, 0.1) is 6.92 Å². The number of para-hydroxylation sites is 1. The molecule has 0 saturated heterocycles. The molecule has 2 aromatic rings. The number of aromatic nitrogens is 3. The van der Waals surface area contributed by atoms with Crippen LogP contribution in [0.15, 0.2) is 18.2 Å². The standard InChI is InChI=1S/C13H14ClN3O2/c1-3-5-10-15-12(13(18)19)16-17(10)11-8(2)6-4-7-9(11)14/h4,6-7H,3,5H2,1-2H3,(H,18,19). The molecule has 0 fully saturated rings. The zero-order valence-electron chi connectivity index (χ0n) is 10.7. The van der Waals surface area contributed by atoms with Gasteiger partial charge in [0, 0.05) is 6.42 Å². The summed E-state index contributed by atoms with van der Waals surface area (Å²) in [5.41, 5.74) is 1.61. The van der Waals surface area contributed by atoms with E-state index in [9.17, 15) is 4.79 Å². The Kier molecular flexibility index (Phi) is 3.85. The molecule has 0 saturated carbocycles. The molecular formula is C13H14ClN3O2. The van der Waals surface area contributed by atoms with Crippen LogP contribution in [0.3, 0.4) is 0 Å². The Morgan fingerprint density at radius 1 is 1.47 bits per heavy atom. The van der Waals surface area contributed by atoms with Gasteiger partial charge in [-0.05, 0) is 25.0 Å². The minimum atomic E-state index is -1.14. The molecule has 1 N–H and O–H groups in total. The van der Waals surface area contributed by atoms with Crippen LogP contribution in [0.4, 0.5) is 0 Å². The summed E-state index contributed by atoms with van der Waals surface area (Å²) in [6, 6.07) is 5.50. The summed E-state index contributed by atoms with van der Waals surface area (Å²) in [5, 5.41) is 13.6. The number of carbonyl (C=O) groups is 1. The highest BCUT2D eigenvalue weighted by Crippen LogP contribution is 2.24. The van der Waals surface area contributed by atoms with Crippen LogP contribution in [-0.4, -0.2) is 25.8 Å². The minimum Gasteiger partial charge on any atom is -0.475 e. The van der Waals surface area contributed by atoms with E-state index in [-0.39, 0.29) is 5.82 Å². The second-order valence-electron chi connectivity index (χ2n) is 4.22. The first-order valence-electron chi connectivity index (χ1n) is 5.99. The first-order chi connectivity index (χ1) is 9.04. The van der Waals surface area contributed by atoms with Crippen LogP contribution < -0.4 is 0 Å². The predicted molar refractivity (Wildman–Crippen MR) is 72.1 cm³/mol. The Balaban J connectivity index is 2.63. The molecule has 0 amide bonds. The van der Waals surface area contributed by atoms with Crippen molar-refractivity contribution in [2.75, 3.05) is 0 Å². The summed E-state index contributed by atoms with van der Waals surface area (Å²) in [5.74, 6) is -0.736. The normalized spacial score (nSPS) is 10.7. The summed E-state index contributed by atoms with van der Waals surface area (Å²) in [7, 11) is 0. The number of halogens is 1. The van der Waals surface area contributed by atoms with Crippen molar-refractivity contribution in [1.29, 1.82) is 0 Å². The first-order valence-corrected chi connectivity index (χ1v) is 6.37. The van der Waals surface area contributed by atoms with Crippen LogP contribution in [0.1, 0.15) is 35.4 Å². The fourth-order valence-electron chi connectivity index (χ4n) is 1.89. The van der Waals surface area contributed by atoms with Crippen molar-refractivity contribution >= 4 is 17.6 Å². The molecule has 100 valence electrons. The van der Waals surface area contributed by atoms with Gasteiger partial charge in [-0.2, -0.15) is 0 Å². The topological polar surface area (TPSA) is 68.0 Å². The van der Waals surface area contributed by atoms with Gasteiger partial charge in [-0.25, -0.2) is 14.5 Å². The Morgan fingerprint density at radius 2 is 2.21 bits per heavy atom. The molecular weight excluding hydrogens is 266 g/mol. The van der Waals surface area contributed by atoms with Crippen LogP contribution in [-0.2, 0) is 6.42 Å². The highest BCUT2D eigenvalue weighted by molar-refractivity contribution is 6.32. The van der Waals surface area contributed by atoms with Crippen molar-refractivity contribution in [2.45, 2.75) is 26.7 Å². The molecule has 1 aromatic carbocycles. The maximum Gasteiger partial charge on any atom is 0.375 e. The van der Waals surface area contributed by atoms with Crippen molar-refractivity contribution in [1.82, 2.24) is 14.8 Å². The van der Waals surface area contributed by atoms with Crippen LogP contribution in [0.2, 0.25) is 5.02 Å². The third-order valence-corrected chi connectivity index (χ3v) is 3.04. The highest BCUT2D eigenvalue weighted by atomic mass is 35.5. The molecule has 0 aliphatic carbocycles. The summed E-state index contributed by atoms with van der Waals surface area (Å²) in [6.45, 7) is 3.90. The number of hydrogen-bond acceptors (Lipinski definition) is 3. The number of nitrogens with zero attached hydrogens (tertiary/aromatic N) is 3. The fourth-order valence-corrected chi connectivity index (χ4v) is 2.19. The summed E-state index contributed by atoms with van der Waals surface area (Å²) in [4.78, 5) is 15.1. The molecule has 6 heteroatoms. The van der Waals surface area contributed by atoms with Gasteiger partial charge in [-0.3, -0.25) is 0 Å². The Morgan fingerprint density at radius 3 is 2.79 bits per heavy atom. The van der Waals surface area contributed by atoms with E-state index in [1.165, 1.54) is 4.68 Å². The molecule has 0 bridgehead atoms. The van der Waals surface area contributed by atoms with Gasteiger partial charge in [-0.15, -0.1) is 5.10 Å². The van der Waals surface area contributed by atoms with E-state index in [0.29, 0.717) is 23.0 Å².